The van der Waals surface area contributed by atoms with Crippen molar-refractivity contribution in [3.05, 3.63) is 36.5 Å². The smallest absolute Gasteiger partial charge is 0.361 e. The zero-order chi connectivity index (χ0) is 50.6. The third kappa shape index (κ3) is 53.1. The van der Waals surface area contributed by atoms with Gasteiger partial charge in [-0.25, -0.2) is 4.79 Å². The second kappa shape index (κ2) is 51.9. The third-order valence-electron chi connectivity index (χ3n) is 12.9. The number of hydrogen-bond acceptors (Lipinski definition) is 7. The Morgan fingerprint density at radius 1 is 0.435 bits per heavy atom. The number of carbonyl (C=O) groups excluding carboxylic acids is 2. The molecule has 0 aromatic carbocycles. The number of nitrogens with zero attached hydrogens (tertiary/aromatic N) is 1. The fraction of sp³-hybridized carbons (Fsp3) is 0.850. The molecule has 0 aliphatic rings. The maximum atomic E-state index is 12.9. The number of quaternary nitrogens is 1. The van der Waals surface area contributed by atoms with Crippen LogP contribution in [0.3, 0.4) is 0 Å². The summed E-state index contributed by atoms with van der Waals surface area (Å²) in [7, 11) is 5.97. The van der Waals surface area contributed by atoms with E-state index in [0.29, 0.717) is 17.4 Å². The van der Waals surface area contributed by atoms with Gasteiger partial charge in [-0.3, -0.25) is 9.59 Å². The van der Waals surface area contributed by atoms with Crippen LogP contribution < -0.4 is 0 Å². The van der Waals surface area contributed by atoms with Gasteiger partial charge in [0.15, 0.2) is 6.10 Å². The van der Waals surface area contributed by atoms with Gasteiger partial charge in [0.2, 0.25) is 0 Å². The maximum absolute atomic E-state index is 12.9. The molecule has 0 saturated heterocycles. The average molecular weight is 976 g/mol. The van der Waals surface area contributed by atoms with Crippen LogP contribution in [0.5, 0.6) is 0 Å². The highest BCUT2D eigenvalue weighted by Gasteiger charge is 2.25. The summed E-state index contributed by atoms with van der Waals surface area (Å²) < 4.78 is 22.9. The summed E-state index contributed by atoms with van der Waals surface area (Å²) in [6, 6.07) is 0. The quantitative estimate of drug-likeness (QED) is 0.0211. The second-order valence-electron chi connectivity index (χ2n) is 20.9. The van der Waals surface area contributed by atoms with E-state index in [4.69, 9.17) is 18.9 Å². The summed E-state index contributed by atoms with van der Waals surface area (Å²) in [6.07, 6.45) is 59.3. The summed E-state index contributed by atoms with van der Waals surface area (Å²) in [5.74, 6) is -1.99. The Labute approximate surface area is 426 Å². The van der Waals surface area contributed by atoms with Crippen molar-refractivity contribution in [3.63, 3.8) is 0 Å². The summed E-state index contributed by atoms with van der Waals surface area (Å²) in [5.41, 5.74) is 0. The number of rotatable bonds is 54. The fourth-order valence-electron chi connectivity index (χ4n) is 8.33. The van der Waals surface area contributed by atoms with Gasteiger partial charge in [0.1, 0.15) is 13.2 Å². The van der Waals surface area contributed by atoms with Crippen LogP contribution in [-0.2, 0) is 33.3 Å². The molecule has 0 spiro atoms. The van der Waals surface area contributed by atoms with E-state index in [9.17, 15) is 19.5 Å². The van der Waals surface area contributed by atoms with Crippen molar-refractivity contribution in [2.24, 2.45) is 0 Å². The van der Waals surface area contributed by atoms with E-state index in [0.717, 1.165) is 44.9 Å². The van der Waals surface area contributed by atoms with Crippen LogP contribution in [0.4, 0.5) is 0 Å². The first kappa shape index (κ1) is 66.5. The first-order valence-electron chi connectivity index (χ1n) is 29.2. The first-order valence-corrected chi connectivity index (χ1v) is 29.2. The van der Waals surface area contributed by atoms with Gasteiger partial charge in [-0.05, 0) is 70.6 Å². The lowest BCUT2D eigenvalue weighted by Gasteiger charge is -2.25. The van der Waals surface area contributed by atoms with E-state index in [1.54, 1.807) is 0 Å². The number of likely N-dealkylation sites (N-methyl/N-ethyl adjacent to an activating group) is 1. The van der Waals surface area contributed by atoms with E-state index in [2.05, 4.69) is 50.3 Å². The zero-order valence-electron chi connectivity index (χ0n) is 46.0. The van der Waals surface area contributed by atoms with Crippen LogP contribution in [0.2, 0.25) is 0 Å². The van der Waals surface area contributed by atoms with Crippen molar-refractivity contribution < 1.29 is 42.9 Å². The minimum Gasteiger partial charge on any atom is -0.477 e. The Balaban J connectivity index is 4.23. The predicted octanol–water partition coefficient (Wildman–Crippen LogP) is 16.9. The highest BCUT2D eigenvalue weighted by atomic mass is 16.7. The number of allylic oxidation sites excluding steroid dienone is 6. The monoisotopic (exact) mass is 975 g/mol. The first-order chi connectivity index (χ1) is 33.6. The Kier molecular flexibility index (Phi) is 50.0. The largest absolute Gasteiger partial charge is 0.477 e. The summed E-state index contributed by atoms with van der Waals surface area (Å²) in [5, 5.41) is 9.70. The molecule has 9 nitrogen and oxygen atoms in total. The molecule has 0 rings (SSSR count). The molecule has 69 heavy (non-hydrogen) atoms. The van der Waals surface area contributed by atoms with Crippen LogP contribution >= 0.6 is 0 Å². The van der Waals surface area contributed by atoms with Crippen LogP contribution in [0.25, 0.3) is 0 Å². The molecule has 0 fully saturated rings. The SMILES string of the molecule is CCCCCCC/C=C\C/C=C\CCCCCCCCCCCCCCCC(=O)OC(COC(=O)CCCCCCCCCCC/C=C\CCCCCCCC)COC(OCC[N+](C)(C)C)C(=O)O. The van der Waals surface area contributed by atoms with Crippen LogP contribution in [0.1, 0.15) is 271 Å². The number of carboxylic acid groups (broad SMARTS) is 1. The number of unbranched alkanes of at least 4 members (excludes halogenated alkanes) is 33. The molecule has 0 heterocycles. The van der Waals surface area contributed by atoms with E-state index in [-0.39, 0.29) is 32.2 Å². The lowest BCUT2D eigenvalue weighted by atomic mass is 10.0. The van der Waals surface area contributed by atoms with Crippen molar-refractivity contribution in [1.29, 1.82) is 0 Å². The number of aliphatic carboxylic acids is 1. The molecule has 0 aliphatic carbocycles. The van der Waals surface area contributed by atoms with Gasteiger partial charge in [0.05, 0.1) is 34.4 Å². The molecule has 0 aliphatic heterocycles. The fourth-order valence-corrected chi connectivity index (χ4v) is 8.33. The van der Waals surface area contributed by atoms with E-state index < -0.39 is 24.3 Å². The standard InChI is InChI=1S/C60H111NO8/c1-6-8-10-12-14-16-18-20-22-24-26-27-28-29-30-31-33-35-37-39-41-43-45-47-49-51-58(63)69-56(55-68-60(59(64)65)66-53-52-61(3,4)5)54-67-57(62)50-48-46-44-42-40-38-36-34-32-25-23-21-19-17-15-13-11-9-7-2/h18,20-21,23-24,26,56,60H,6-17,19,22,25,27-55H2,1-5H3/p+1/b20-18-,23-21-,26-24-. The maximum Gasteiger partial charge on any atom is 0.361 e. The third-order valence-corrected chi connectivity index (χ3v) is 12.9. The predicted molar refractivity (Wildman–Crippen MR) is 291 cm³/mol. The molecule has 9 heteroatoms. The van der Waals surface area contributed by atoms with Gasteiger partial charge in [0.25, 0.3) is 6.29 Å². The molecule has 0 radical (unpaired) electrons. The molecule has 404 valence electrons. The van der Waals surface area contributed by atoms with Gasteiger partial charge in [0, 0.05) is 12.8 Å². The molecule has 1 N–H and O–H groups in total. The van der Waals surface area contributed by atoms with Gasteiger partial charge >= 0.3 is 17.9 Å². The van der Waals surface area contributed by atoms with Crippen LogP contribution in [-0.4, -0.2) is 87.4 Å². The number of carbonyl (C=O) groups is 3. The van der Waals surface area contributed by atoms with Gasteiger partial charge < -0.3 is 28.5 Å². The summed E-state index contributed by atoms with van der Waals surface area (Å²) in [6.45, 7) is 4.89. The molecular formula is C60H112NO8+. The lowest BCUT2D eigenvalue weighted by molar-refractivity contribution is -0.870. The van der Waals surface area contributed by atoms with Crippen molar-refractivity contribution in [1.82, 2.24) is 0 Å². The molecule has 0 saturated carbocycles. The molecule has 2 atom stereocenters. The molecule has 0 amide bonds. The number of esters is 2. The number of ether oxygens (including phenoxy) is 4. The summed E-state index contributed by atoms with van der Waals surface area (Å²) in [4.78, 5) is 37.4. The zero-order valence-corrected chi connectivity index (χ0v) is 46.0. The summed E-state index contributed by atoms with van der Waals surface area (Å²) >= 11 is 0. The van der Waals surface area contributed by atoms with Crippen LogP contribution in [0.15, 0.2) is 36.5 Å². The lowest BCUT2D eigenvalue weighted by Crippen LogP contribution is -2.40. The Bertz CT molecular complexity index is 1230. The van der Waals surface area contributed by atoms with E-state index in [1.165, 1.54) is 199 Å². The van der Waals surface area contributed by atoms with Crippen LogP contribution in [0, 0.1) is 0 Å². The van der Waals surface area contributed by atoms with Gasteiger partial charge in [-0.15, -0.1) is 0 Å². The van der Waals surface area contributed by atoms with Crippen molar-refractivity contribution in [3.8, 4) is 0 Å². The number of hydrogen-bond donors (Lipinski definition) is 1. The minimum absolute atomic E-state index is 0.181. The Morgan fingerprint density at radius 3 is 1.16 bits per heavy atom. The van der Waals surface area contributed by atoms with Crippen molar-refractivity contribution in [2.75, 3.05) is 47.5 Å². The molecule has 0 aromatic heterocycles. The second-order valence-corrected chi connectivity index (χ2v) is 20.9. The highest BCUT2D eigenvalue weighted by Crippen LogP contribution is 2.16. The van der Waals surface area contributed by atoms with Crippen molar-refractivity contribution >= 4 is 17.9 Å². The highest BCUT2D eigenvalue weighted by molar-refractivity contribution is 5.71. The van der Waals surface area contributed by atoms with E-state index in [1.807, 2.05) is 21.1 Å². The number of carboxylic acids is 1. The average Bonchev–Trinajstić information content (AvgIpc) is 3.31. The van der Waals surface area contributed by atoms with E-state index >= 15 is 0 Å². The molecule has 0 bridgehead atoms. The Morgan fingerprint density at radius 2 is 0.783 bits per heavy atom. The normalized spacial score (nSPS) is 13.0. The Hall–Kier alpha value is -2.49. The molecular weight excluding hydrogens is 863 g/mol. The van der Waals surface area contributed by atoms with Gasteiger partial charge in [-0.1, -0.05) is 224 Å². The van der Waals surface area contributed by atoms with Gasteiger partial charge in [-0.2, -0.15) is 0 Å². The molecule has 2 unspecified atom stereocenters. The molecule has 0 aromatic rings. The minimum atomic E-state index is -1.51. The van der Waals surface area contributed by atoms with Crippen molar-refractivity contribution in [2.45, 2.75) is 283 Å². The topological polar surface area (TPSA) is 108 Å².